The maximum absolute atomic E-state index is 12.2. The number of nitrogens with zero attached hydrogens (tertiary/aromatic N) is 2. The van der Waals surface area contributed by atoms with Crippen LogP contribution in [0.1, 0.15) is 40.7 Å². The van der Waals surface area contributed by atoms with Crippen molar-refractivity contribution in [3.05, 3.63) is 60.8 Å². The summed E-state index contributed by atoms with van der Waals surface area (Å²) in [5.74, 6) is -0.225. The van der Waals surface area contributed by atoms with Crippen LogP contribution in [-0.4, -0.2) is 34.9 Å². The average molecular weight is 394 g/mol. The van der Waals surface area contributed by atoms with Gasteiger partial charge in [-0.2, -0.15) is 0 Å². The van der Waals surface area contributed by atoms with Crippen LogP contribution in [0.3, 0.4) is 0 Å². The number of thiophene rings is 1. The smallest absolute Gasteiger partial charge is 0.269 e. The van der Waals surface area contributed by atoms with Gasteiger partial charge < -0.3 is 5.32 Å². The molecule has 8 heteroatoms. The van der Waals surface area contributed by atoms with Gasteiger partial charge in [-0.25, -0.2) is 0 Å². The average Bonchev–Trinajstić information content (AvgIpc) is 2.98. The van der Waals surface area contributed by atoms with Crippen LogP contribution in [0.5, 0.6) is 0 Å². The minimum atomic E-state index is -0.480. The van der Waals surface area contributed by atoms with Gasteiger partial charge in [-0.15, -0.1) is 11.3 Å². The van der Waals surface area contributed by atoms with Gasteiger partial charge in [0.1, 0.15) is 0 Å². The van der Waals surface area contributed by atoms with Crippen molar-refractivity contribution in [3.8, 4) is 0 Å². The van der Waals surface area contributed by atoms with Gasteiger partial charge in [0.05, 0.1) is 9.26 Å². The molecule has 1 aliphatic heterocycles. The molecule has 0 radical (unpaired) electrons. The first-order valence-electron chi connectivity index (χ1n) is 8.43. The van der Waals surface area contributed by atoms with E-state index in [9.17, 15) is 14.9 Å². The second-order valence-electron chi connectivity index (χ2n) is 6.46. The lowest BCUT2D eigenvalue weighted by Gasteiger charge is -2.39. The van der Waals surface area contributed by atoms with E-state index in [2.05, 4.69) is 24.1 Å². The highest BCUT2D eigenvalue weighted by atomic mass is 35.5. The number of amides is 1. The van der Waals surface area contributed by atoms with Crippen LogP contribution in [0, 0.1) is 10.1 Å². The van der Waals surface area contributed by atoms with Gasteiger partial charge in [0, 0.05) is 47.7 Å². The Balaban J connectivity index is 1.57. The normalized spacial score (nSPS) is 19.8. The van der Waals surface area contributed by atoms with Crippen LogP contribution in [0.15, 0.2) is 30.3 Å². The third kappa shape index (κ3) is 3.90. The number of carbonyl (C=O) groups is 1. The standard InChI is InChI=1S/C18H20ClN3O3S/c1-11-9-16-15(10-17(19)26-16)12(2)21(11)8-7-20-18(23)13-3-5-14(6-4-13)22(24)25/h3-6,10-12H,7-9H2,1-2H3,(H,20,23). The van der Waals surface area contributed by atoms with Crippen LogP contribution in [0.25, 0.3) is 0 Å². The summed E-state index contributed by atoms with van der Waals surface area (Å²) in [6.45, 7) is 5.59. The molecule has 0 spiro atoms. The van der Waals surface area contributed by atoms with Crippen molar-refractivity contribution in [1.29, 1.82) is 0 Å². The predicted octanol–water partition coefficient (Wildman–Crippen LogP) is 4.05. The molecule has 6 nitrogen and oxygen atoms in total. The Morgan fingerprint density at radius 1 is 1.38 bits per heavy atom. The number of halogens is 1. The summed E-state index contributed by atoms with van der Waals surface area (Å²) in [7, 11) is 0. The first-order chi connectivity index (χ1) is 12.4. The van der Waals surface area contributed by atoms with Crippen LogP contribution < -0.4 is 5.32 Å². The second kappa shape index (κ2) is 7.73. The highest BCUT2D eigenvalue weighted by Gasteiger charge is 2.30. The van der Waals surface area contributed by atoms with Crippen molar-refractivity contribution < 1.29 is 9.72 Å². The molecule has 2 aromatic rings. The number of nitro benzene ring substituents is 1. The monoisotopic (exact) mass is 393 g/mol. The predicted molar refractivity (Wildman–Crippen MR) is 103 cm³/mol. The SMILES string of the molecule is CC1Cc2sc(Cl)cc2C(C)N1CCNC(=O)c1ccc([N+](=O)[O-])cc1. The summed E-state index contributed by atoms with van der Waals surface area (Å²) in [6.07, 6.45) is 0.966. The lowest BCUT2D eigenvalue weighted by Crippen LogP contribution is -2.44. The minimum Gasteiger partial charge on any atom is -0.351 e. The van der Waals surface area contributed by atoms with Crippen molar-refractivity contribution in [2.75, 3.05) is 13.1 Å². The Labute approximate surface area is 160 Å². The number of non-ortho nitro benzene ring substituents is 1. The lowest BCUT2D eigenvalue weighted by molar-refractivity contribution is -0.384. The Morgan fingerprint density at radius 3 is 2.73 bits per heavy atom. The number of nitro groups is 1. The molecule has 0 aliphatic carbocycles. The van der Waals surface area contributed by atoms with Crippen LogP contribution in [0.4, 0.5) is 5.69 Å². The topological polar surface area (TPSA) is 75.5 Å². The molecular weight excluding hydrogens is 374 g/mol. The zero-order valence-electron chi connectivity index (χ0n) is 14.6. The van der Waals surface area contributed by atoms with Crippen molar-refractivity contribution in [1.82, 2.24) is 10.2 Å². The van der Waals surface area contributed by atoms with Crippen LogP contribution in [-0.2, 0) is 6.42 Å². The van der Waals surface area contributed by atoms with E-state index in [1.807, 2.05) is 6.07 Å². The molecule has 0 bridgehead atoms. The van der Waals surface area contributed by atoms with Gasteiger partial charge in [0.2, 0.25) is 0 Å². The van der Waals surface area contributed by atoms with E-state index in [-0.39, 0.29) is 17.6 Å². The third-order valence-electron chi connectivity index (χ3n) is 4.80. The summed E-state index contributed by atoms with van der Waals surface area (Å²) in [4.78, 5) is 26.1. The molecule has 1 aliphatic rings. The number of carbonyl (C=O) groups excluding carboxylic acids is 1. The molecule has 26 heavy (non-hydrogen) atoms. The summed E-state index contributed by atoms with van der Waals surface area (Å²) in [6, 6.07) is 8.30. The molecular formula is C18H20ClN3O3S. The number of hydrogen-bond acceptors (Lipinski definition) is 5. The van der Waals surface area contributed by atoms with E-state index in [1.165, 1.54) is 34.7 Å². The van der Waals surface area contributed by atoms with E-state index in [4.69, 9.17) is 11.6 Å². The number of hydrogen-bond donors (Lipinski definition) is 1. The number of rotatable bonds is 5. The van der Waals surface area contributed by atoms with Gasteiger partial charge >= 0.3 is 0 Å². The Hall–Kier alpha value is -1.96. The van der Waals surface area contributed by atoms with Gasteiger partial charge in [-0.1, -0.05) is 11.6 Å². The quantitative estimate of drug-likeness (QED) is 0.614. The van der Waals surface area contributed by atoms with E-state index in [0.29, 0.717) is 18.2 Å². The van der Waals surface area contributed by atoms with Crippen LogP contribution >= 0.6 is 22.9 Å². The Morgan fingerprint density at radius 2 is 2.08 bits per heavy atom. The first kappa shape index (κ1) is 18.8. The maximum atomic E-state index is 12.2. The van der Waals surface area contributed by atoms with Gasteiger partial charge in [-0.05, 0) is 44.0 Å². The molecule has 3 rings (SSSR count). The summed E-state index contributed by atoms with van der Waals surface area (Å²) >= 11 is 7.81. The number of fused-ring (bicyclic) bond motifs is 1. The van der Waals surface area contributed by atoms with E-state index in [1.54, 1.807) is 11.3 Å². The first-order valence-corrected chi connectivity index (χ1v) is 9.62. The molecule has 0 saturated heterocycles. The lowest BCUT2D eigenvalue weighted by atomic mass is 9.96. The molecule has 138 valence electrons. The van der Waals surface area contributed by atoms with Gasteiger partial charge in [0.15, 0.2) is 0 Å². The molecule has 1 aromatic heterocycles. The molecule has 2 atom stereocenters. The van der Waals surface area contributed by atoms with Crippen molar-refractivity contribution in [2.45, 2.75) is 32.4 Å². The Kier molecular flexibility index (Phi) is 5.60. The highest BCUT2D eigenvalue weighted by molar-refractivity contribution is 7.16. The minimum absolute atomic E-state index is 0.0252. The van der Waals surface area contributed by atoms with Crippen molar-refractivity contribution in [2.24, 2.45) is 0 Å². The number of nitrogens with one attached hydrogen (secondary N) is 1. The van der Waals surface area contributed by atoms with E-state index < -0.39 is 4.92 Å². The fourth-order valence-corrected chi connectivity index (χ4v) is 4.91. The van der Waals surface area contributed by atoms with Crippen molar-refractivity contribution >= 4 is 34.5 Å². The molecule has 1 aromatic carbocycles. The van der Waals surface area contributed by atoms with Gasteiger partial charge in [-0.3, -0.25) is 19.8 Å². The molecule has 0 fully saturated rings. The molecule has 0 saturated carbocycles. The largest absolute Gasteiger partial charge is 0.351 e. The second-order valence-corrected chi connectivity index (χ2v) is 8.22. The molecule has 2 unspecified atom stereocenters. The van der Waals surface area contributed by atoms with Crippen LogP contribution in [0.2, 0.25) is 4.34 Å². The zero-order valence-corrected chi connectivity index (χ0v) is 16.1. The Bertz CT molecular complexity index is 822. The zero-order chi connectivity index (χ0) is 18.8. The highest BCUT2D eigenvalue weighted by Crippen LogP contribution is 2.39. The molecule has 2 heterocycles. The maximum Gasteiger partial charge on any atom is 0.269 e. The summed E-state index contributed by atoms with van der Waals surface area (Å²) < 4.78 is 0.822. The van der Waals surface area contributed by atoms with E-state index in [0.717, 1.165) is 17.3 Å². The summed E-state index contributed by atoms with van der Waals surface area (Å²) in [5.41, 5.74) is 1.67. The molecule has 1 N–H and O–H groups in total. The summed E-state index contributed by atoms with van der Waals surface area (Å²) in [5, 5.41) is 13.6. The number of benzene rings is 1. The van der Waals surface area contributed by atoms with Crippen molar-refractivity contribution in [3.63, 3.8) is 0 Å². The van der Waals surface area contributed by atoms with E-state index >= 15 is 0 Å². The third-order valence-corrected chi connectivity index (χ3v) is 6.10. The fourth-order valence-electron chi connectivity index (χ4n) is 3.42. The molecule has 1 amide bonds. The fraction of sp³-hybridized carbons (Fsp3) is 0.389. The van der Waals surface area contributed by atoms with Gasteiger partial charge in [0.25, 0.3) is 11.6 Å².